The molecule has 0 bridgehead atoms. The molecule has 6 nitrogen and oxygen atoms in total. The van der Waals surface area contributed by atoms with Crippen LogP contribution < -0.4 is 15.2 Å². The Bertz CT molecular complexity index is 507. The number of amides is 1. The Balaban J connectivity index is 2.16. The fourth-order valence-corrected chi connectivity index (χ4v) is 2.41. The van der Waals surface area contributed by atoms with Gasteiger partial charge in [0, 0.05) is 25.2 Å². The van der Waals surface area contributed by atoms with Gasteiger partial charge in [0.25, 0.3) is 5.91 Å². The molecule has 1 saturated heterocycles. The zero-order valence-corrected chi connectivity index (χ0v) is 13.2. The lowest BCUT2D eigenvalue weighted by molar-refractivity contribution is -0.0167. The molecule has 1 unspecified atom stereocenters. The number of hydrogen-bond acceptors (Lipinski definition) is 5. The molecule has 0 aromatic heterocycles. The van der Waals surface area contributed by atoms with Gasteiger partial charge in [0.1, 0.15) is 0 Å². The molecule has 1 heterocycles. The first kappa shape index (κ1) is 16.6. The van der Waals surface area contributed by atoms with E-state index in [1.807, 2.05) is 13.8 Å². The summed E-state index contributed by atoms with van der Waals surface area (Å²) in [5.74, 6) is 1.22. The van der Waals surface area contributed by atoms with Crippen LogP contribution in [0.25, 0.3) is 0 Å². The summed E-state index contributed by atoms with van der Waals surface area (Å²) in [4.78, 5) is 14.4. The zero-order valence-electron chi connectivity index (χ0n) is 13.2. The standard InChI is InChI=1S/C16H24N2O4/c1-3-20-14-6-5-12(9-15(14)21-4-2)16(19)18-7-8-22-13(10-17)11-18/h5-6,9,13H,3-4,7-8,10-11,17H2,1-2H3. The lowest BCUT2D eigenvalue weighted by atomic mass is 10.1. The van der Waals surface area contributed by atoms with Crippen molar-refractivity contribution < 1.29 is 19.0 Å². The summed E-state index contributed by atoms with van der Waals surface area (Å²) in [5, 5.41) is 0. The highest BCUT2D eigenvalue weighted by Gasteiger charge is 2.24. The number of hydrogen-bond donors (Lipinski definition) is 1. The quantitative estimate of drug-likeness (QED) is 0.857. The first-order valence-corrected chi connectivity index (χ1v) is 7.70. The molecule has 1 aliphatic heterocycles. The summed E-state index contributed by atoms with van der Waals surface area (Å²) in [7, 11) is 0. The Morgan fingerprint density at radius 3 is 2.73 bits per heavy atom. The van der Waals surface area contributed by atoms with Crippen molar-refractivity contribution in [1.29, 1.82) is 0 Å². The van der Waals surface area contributed by atoms with Crippen molar-refractivity contribution in [3.05, 3.63) is 23.8 Å². The summed E-state index contributed by atoms with van der Waals surface area (Å²) >= 11 is 0. The molecule has 1 aromatic rings. The van der Waals surface area contributed by atoms with Crippen LogP contribution in [0.3, 0.4) is 0 Å². The van der Waals surface area contributed by atoms with Gasteiger partial charge in [-0.2, -0.15) is 0 Å². The number of carbonyl (C=O) groups excluding carboxylic acids is 1. The molecule has 2 rings (SSSR count). The van der Waals surface area contributed by atoms with Crippen LogP contribution in [-0.4, -0.2) is 56.4 Å². The van der Waals surface area contributed by atoms with Gasteiger partial charge in [0.15, 0.2) is 11.5 Å². The molecule has 1 fully saturated rings. The van der Waals surface area contributed by atoms with Crippen LogP contribution in [0.1, 0.15) is 24.2 Å². The van der Waals surface area contributed by atoms with Crippen molar-refractivity contribution >= 4 is 5.91 Å². The monoisotopic (exact) mass is 308 g/mol. The average Bonchev–Trinajstić information content (AvgIpc) is 2.56. The molecular formula is C16H24N2O4. The molecule has 1 atom stereocenters. The van der Waals surface area contributed by atoms with E-state index in [9.17, 15) is 4.79 Å². The second-order valence-corrected chi connectivity index (χ2v) is 5.01. The fourth-order valence-electron chi connectivity index (χ4n) is 2.41. The molecule has 1 aromatic carbocycles. The maximum Gasteiger partial charge on any atom is 0.254 e. The largest absolute Gasteiger partial charge is 0.490 e. The summed E-state index contributed by atoms with van der Waals surface area (Å²) < 4.78 is 16.6. The third-order valence-corrected chi connectivity index (χ3v) is 3.48. The van der Waals surface area contributed by atoms with Gasteiger partial charge in [0.05, 0.1) is 25.9 Å². The molecule has 2 N–H and O–H groups in total. The van der Waals surface area contributed by atoms with E-state index in [-0.39, 0.29) is 12.0 Å². The van der Waals surface area contributed by atoms with Crippen LogP contribution in [0, 0.1) is 0 Å². The first-order chi connectivity index (χ1) is 10.7. The number of carbonyl (C=O) groups is 1. The van der Waals surface area contributed by atoms with Crippen LogP contribution in [0.4, 0.5) is 0 Å². The smallest absolute Gasteiger partial charge is 0.254 e. The van der Waals surface area contributed by atoms with Crippen LogP contribution in [0.2, 0.25) is 0 Å². The Labute approximate surface area is 131 Å². The molecule has 0 saturated carbocycles. The third kappa shape index (κ3) is 3.90. The van der Waals surface area contributed by atoms with Gasteiger partial charge in [-0.25, -0.2) is 0 Å². The summed E-state index contributed by atoms with van der Waals surface area (Å²) in [6, 6.07) is 5.29. The van der Waals surface area contributed by atoms with E-state index >= 15 is 0 Å². The Kier molecular flexibility index (Phi) is 6.03. The number of nitrogens with two attached hydrogens (primary N) is 1. The average molecular weight is 308 g/mol. The van der Waals surface area contributed by atoms with Gasteiger partial charge in [-0.05, 0) is 32.0 Å². The Morgan fingerprint density at radius 1 is 1.32 bits per heavy atom. The fraction of sp³-hybridized carbons (Fsp3) is 0.562. The number of nitrogens with zero attached hydrogens (tertiary/aromatic N) is 1. The minimum absolute atomic E-state index is 0.0363. The van der Waals surface area contributed by atoms with Crippen molar-refractivity contribution in [1.82, 2.24) is 4.90 Å². The van der Waals surface area contributed by atoms with Gasteiger partial charge in [-0.1, -0.05) is 0 Å². The van der Waals surface area contributed by atoms with Crippen LogP contribution >= 0.6 is 0 Å². The maximum absolute atomic E-state index is 12.6. The highest BCUT2D eigenvalue weighted by atomic mass is 16.5. The van der Waals surface area contributed by atoms with Crippen LogP contribution in [-0.2, 0) is 4.74 Å². The minimum atomic E-state index is -0.0910. The molecule has 1 amide bonds. The summed E-state index contributed by atoms with van der Waals surface area (Å²) in [5.41, 5.74) is 6.21. The highest BCUT2D eigenvalue weighted by molar-refractivity contribution is 5.95. The van der Waals surface area contributed by atoms with Gasteiger partial charge >= 0.3 is 0 Å². The predicted molar refractivity (Wildman–Crippen MR) is 83.5 cm³/mol. The molecule has 0 radical (unpaired) electrons. The minimum Gasteiger partial charge on any atom is -0.490 e. The Morgan fingerprint density at radius 2 is 2.05 bits per heavy atom. The molecule has 22 heavy (non-hydrogen) atoms. The molecule has 122 valence electrons. The molecule has 1 aliphatic rings. The van der Waals surface area contributed by atoms with Crippen molar-refractivity contribution in [2.75, 3.05) is 39.5 Å². The second-order valence-electron chi connectivity index (χ2n) is 5.01. The van der Waals surface area contributed by atoms with Gasteiger partial charge in [0.2, 0.25) is 0 Å². The molecule has 0 aliphatic carbocycles. The lowest BCUT2D eigenvalue weighted by Gasteiger charge is -2.32. The van der Waals surface area contributed by atoms with E-state index < -0.39 is 0 Å². The second kappa shape index (κ2) is 8.00. The number of morpholine rings is 1. The van der Waals surface area contributed by atoms with Gasteiger partial charge < -0.3 is 24.8 Å². The first-order valence-electron chi connectivity index (χ1n) is 7.70. The van der Waals surface area contributed by atoms with E-state index in [0.717, 1.165) is 0 Å². The topological polar surface area (TPSA) is 74.0 Å². The highest BCUT2D eigenvalue weighted by Crippen LogP contribution is 2.29. The molecular weight excluding hydrogens is 284 g/mol. The zero-order chi connectivity index (χ0) is 15.9. The van der Waals surface area contributed by atoms with E-state index in [0.29, 0.717) is 56.5 Å². The number of benzene rings is 1. The van der Waals surface area contributed by atoms with Crippen molar-refractivity contribution in [3.63, 3.8) is 0 Å². The number of rotatable bonds is 6. The summed E-state index contributed by atoms with van der Waals surface area (Å²) in [6.07, 6.45) is -0.0910. The van der Waals surface area contributed by atoms with Crippen LogP contribution in [0.5, 0.6) is 11.5 Å². The van der Waals surface area contributed by atoms with E-state index in [4.69, 9.17) is 19.9 Å². The molecule has 6 heteroatoms. The maximum atomic E-state index is 12.6. The van der Waals surface area contributed by atoms with Crippen molar-refractivity contribution in [2.24, 2.45) is 5.73 Å². The predicted octanol–water partition coefficient (Wildman–Crippen LogP) is 1.28. The normalized spacial score (nSPS) is 18.1. The third-order valence-electron chi connectivity index (χ3n) is 3.48. The Hall–Kier alpha value is -1.79. The van der Waals surface area contributed by atoms with E-state index in [1.165, 1.54) is 0 Å². The summed E-state index contributed by atoms with van der Waals surface area (Å²) in [6.45, 7) is 6.91. The number of ether oxygens (including phenoxy) is 3. The van der Waals surface area contributed by atoms with E-state index in [2.05, 4.69) is 0 Å². The van der Waals surface area contributed by atoms with Gasteiger partial charge in [-0.15, -0.1) is 0 Å². The van der Waals surface area contributed by atoms with Crippen LogP contribution in [0.15, 0.2) is 18.2 Å². The van der Waals surface area contributed by atoms with Gasteiger partial charge in [-0.3, -0.25) is 4.79 Å². The van der Waals surface area contributed by atoms with E-state index in [1.54, 1.807) is 23.1 Å². The lowest BCUT2D eigenvalue weighted by Crippen LogP contribution is -2.48. The van der Waals surface area contributed by atoms with Crippen molar-refractivity contribution in [3.8, 4) is 11.5 Å². The SMILES string of the molecule is CCOc1ccc(C(=O)N2CCOC(CN)C2)cc1OCC. The van der Waals surface area contributed by atoms with Crippen molar-refractivity contribution in [2.45, 2.75) is 20.0 Å². The molecule has 0 spiro atoms.